The molecule has 0 saturated heterocycles. The number of hydrogen-bond donors (Lipinski definition) is 3. The van der Waals surface area contributed by atoms with Crippen LogP contribution in [0.1, 0.15) is 24.3 Å². The number of nitrogens with two attached hydrogens (primary N) is 1. The van der Waals surface area contributed by atoms with Crippen LogP contribution in [0.3, 0.4) is 0 Å². The van der Waals surface area contributed by atoms with E-state index in [4.69, 9.17) is 10.5 Å². The topological polar surface area (TPSA) is 110 Å². The van der Waals surface area contributed by atoms with Crippen molar-refractivity contribution < 1.29 is 14.6 Å². The first-order valence-corrected chi connectivity index (χ1v) is 7.52. The Morgan fingerprint density at radius 1 is 1.42 bits per heavy atom. The monoisotopic (exact) mass is 330 g/mol. The average Bonchev–Trinajstić information content (AvgIpc) is 2.60. The highest BCUT2D eigenvalue weighted by atomic mass is 16.5. The number of aromatic nitrogens is 2. The van der Waals surface area contributed by atoms with Crippen LogP contribution in [-0.4, -0.2) is 41.2 Å². The van der Waals surface area contributed by atoms with Crippen LogP contribution < -0.4 is 15.8 Å². The maximum absolute atomic E-state index is 12.3. The predicted octanol–water partition coefficient (Wildman–Crippen LogP) is 1.48. The fraction of sp³-hybridized carbons (Fsp3) is 0.353. The second-order valence-corrected chi connectivity index (χ2v) is 6.23. The van der Waals surface area contributed by atoms with E-state index >= 15 is 0 Å². The van der Waals surface area contributed by atoms with Crippen molar-refractivity contribution in [3.05, 3.63) is 36.2 Å². The third kappa shape index (κ3) is 4.20. The average molecular weight is 330 g/mol. The molecule has 0 radical (unpaired) electrons. The van der Waals surface area contributed by atoms with Gasteiger partial charge in [0.25, 0.3) is 5.91 Å². The molecule has 7 nitrogen and oxygen atoms in total. The smallest absolute Gasteiger partial charge is 0.273 e. The van der Waals surface area contributed by atoms with Crippen LogP contribution in [0.4, 0.5) is 5.82 Å². The quantitative estimate of drug-likeness (QED) is 0.740. The highest BCUT2D eigenvalue weighted by Crippen LogP contribution is 2.23. The van der Waals surface area contributed by atoms with Crippen LogP contribution in [0.5, 0.6) is 5.75 Å². The first kappa shape index (κ1) is 17.7. The molecule has 0 aliphatic rings. The number of nitrogen functional groups attached to an aromatic ring is 1. The van der Waals surface area contributed by atoms with E-state index in [-0.39, 0.29) is 18.1 Å². The molecule has 7 heteroatoms. The third-order valence-electron chi connectivity index (χ3n) is 3.54. The Morgan fingerprint density at radius 2 is 2.17 bits per heavy atom. The van der Waals surface area contributed by atoms with Crippen LogP contribution in [0.15, 0.2) is 30.5 Å². The van der Waals surface area contributed by atoms with Crippen LogP contribution in [0.2, 0.25) is 0 Å². The highest BCUT2D eigenvalue weighted by molar-refractivity contribution is 5.96. The molecule has 0 fully saturated rings. The fourth-order valence-corrected chi connectivity index (χ4v) is 1.95. The van der Waals surface area contributed by atoms with E-state index in [9.17, 15) is 9.90 Å². The van der Waals surface area contributed by atoms with Gasteiger partial charge in [0.15, 0.2) is 11.5 Å². The molecule has 24 heavy (non-hydrogen) atoms. The second-order valence-electron chi connectivity index (χ2n) is 6.23. The summed E-state index contributed by atoms with van der Waals surface area (Å²) in [4.78, 5) is 20.7. The van der Waals surface area contributed by atoms with Gasteiger partial charge in [0.2, 0.25) is 0 Å². The lowest BCUT2D eigenvalue weighted by Gasteiger charge is -2.21. The molecule has 0 unspecified atom stereocenters. The maximum atomic E-state index is 12.3. The van der Waals surface area contributed by atoms with Crippen LogP contribution in [-0.2, 0) is 0 Å². The summed E-state index contributed by atoms with van der Waals surface area (Å²) >= 11 is 0. The van der Waals surface area contributed by atoms with Gasteiger partial charge in [0, 0.05) is 24.1 Å². The van der Waals surface area contributed by atoms with Crippen molar-refractivity contribution in [1.29, 1.82) is 0 Å². The summed E-state index contributed by atoms with van der Waals surface area (Å²) in [5.41, 5.74) is 6.71. The molecule has 1 aromatic carbocycles. The lowest BCUT2D eigenvalue weighted by Crippen LogP contribution is -2.36. The number of aliphatic hydroxyl groups is 1. The summed E-state index contributed by atoms with van der Waals surface area (Å²) in [5, 5.41) is 12.0. The molecule has 2 aromatic rings. The molecule has 4 N–H and O–H groups in total. The Balaban J connectivity index is 2.26. The molecular formula is C17H22N4O3. The first-order chi connectivity index (χ1) is 11.4. The number of nitrogens with zero attached hydrogens (tertiary/aromatic N) is 2. The number of benzene rings is 1. The van der Waals surface area contributed by atoms with Crippen molar-refractivity contribution in [1.82, 2.24) is 15.3 Å². The van der Waals surface area contributed by atoms with Crippen LogP contribution in [0.25, 0.3) is 11.3 Å². The van der Waals surface area contributed by atoms with E-state index < -0.39 is 11.3 Å². The van der Waals surface area contributed by atoms with E-state index in [1.807, 2.05) is 32.0 Å². The molecule has 0 aliphatic carbocycles. The predicted molar refractivity (Wildman–Crippen MR) is 91.6 cm³/mol. The molecule has 1 heterocycles. The van der Waals surface area contributed by atoms with Gasteiger partial charge < -0.3 is 20.9 Å². The number of amides is 1. The van der Waals surface area contributed by atoms with Gasteiger partial charge in [-0.1, -0.05) is 26.0 Å². The molecule has 2 rings (SSSR count). The minimum atomic E-state index is -0.428. The van der Waals surface area contributed by atoms with E-state index in [0.717, 1.165) is 5.56 Å². The van der Waals surface area contributed by atoms with E-state index in [0.29, 0.717) is 18.0 Å². The summed E-state index contributed by atoms with van der Waals surface area (Å²) < 4.78 is 5.19. The normalized spacial score (nSPS) is 11.2. The Labute approximate surface area is 140 Å². The van der Waals surface area contributed by atoms with Gasteiger partial charge >= 0.3 is 0 Å². The minimum Gasteiger partial charge on any atom is -0.497 e. The summed E-state index contributed by atoms with van der Waals surface area (Å²) in [6, 6.07) is 7.30. The number of aliphatic hydroxyl groups excluding tert-OH is 1. The summed E-state index contributed by atoms with van der Waals surface area (Å²) in [7, 11) is 1.58. The van der Waals surface area contributed by atoms with Gasteiger partial charge in [-0.15, -0.1) is 0 Å². The first-order valence-electron chi connectivity index (χ1n) is 7.52. The van der Waals surface area contributed by atoms with Gasteiger partial charge in [-0.2, -0.15) is 0 Å². The molecule has 0 saturated carbocycles. The van der Waals surface area contributed by atoms with Crippen molar-refractivity contribution in [3.63, 3.8) is 0 Å². The zero-order chi connectivity index (χ0) is 17.7. The van der Waals surface area contributed by atoms with Crippen molar-refractivity contribution in [2.75, 3.05) is 26.0 Å². The lowest BCUT2D eigenvalue weighted by molar-refractivity contribution is 0.0907. The van der Waals surface area contributed by atoms with E-state index in [1.165, 1.54) is 6.20 Å². The molecular weight excluding hydrogens is 308 g/mol. The van der Waals surface area contributed by atoms with E-state index in [1.54, 1.807) is 13.2 Å². The summed E-state index contributed by atoms with van der Waals surface area (Å²) in [6.45, 7) is 3.94. The molecule has 0 atom stereocenters. The number of carbonyl (C=O) groups excluding carboxylic acids is 1. The standard InChI is InChI=1S/C17H22N4O3/c1-17(2,10-22)9-20-16(23)14-15(18)19-8-13(21-14)11-5-4-6-12(7-11)24-3/h4-8,22H,9-10H2,1-3H3,(H2,18,19)(H,20,23). The van der Waals surface area contributed by atoms with Gasteiger partial charge in [0.1, 0.15) is 5.75 Å². The Bertz CT molecular complexity index is 732. The van der Waals surface area contributed by atoms with Gasteiger partial charge in [-0.3, -0.25) is 4.79 Å². The number of hydrogen-bond acceptors (Lipinski definition) is 6. The molecule has 1 aromatic heterocycles. The fourth-order valence-electron chi connectivity index (χ4n) is 1.95. The van der Waals surface area contributed by atoms with Gasteiger partial charge in [-0.05, 0) is 12.1 Å². The zero-order valence-corrected chi connectivity index (χ0v) is 14.0. The van der Waals surface area contributed by atoms with Crippen molar-refractivity contribution >= 4 is 11.7 Å². The molecule has 128 valence electrons. The Hall–Kier alpha value is -2.67. The number of nitrogens with one attached hydrogen (secondary N) is 1. The van der Waals surface area contributed by atoms with E-state index in [2.05, 4.69) is 15.3 Å². The molecule has 1 amide bonds. The number of anilines is 1. The SMILES string of the molecule is COc1cccc(-c2cnc(N)c(C(=O)NCC(C)(C)CO)n2)c1. The summed E-state index contributed by atoms with van der Waals surface area (Å²) in [5.74, 6) is 0.314. The van der Waals surface area contributed by atoms with Gasteiger partial charge in [-0.25, -0.2) is 9.97 Å². The maximum Gasteiger partial charge on any atom is 0.273 e. The number of ether oxygens (including phenoxy) is 1. The second kappa shape index (κ2) is 7.27. The van der Waals surface area contributed by atoms with Crippen molar-refractivity contribution in [3.8, 4) is 17.0 Å². The molecule has 0 spiro atoms. The van der Waals surface area contributed by atoms with Crippen molar-refractivity contribution in [2.24, 2.45) is 5.41 Å². The largest absolute Gasteiger partial charge is 0.497 e. The van der Waals surface area contributed by atoms with Crippen LogP contribution >= 0.6 is 0 Å². The lowest BCUT2D eigenvalue weighted by atomic mass is 9.95. The number of rotatable bonds is 6. The summed E-state index contributed by atoms with van der Waals surface area (Å²) in [6.07, 6.45) is 1.51. The minimum absolute atomic E-state index is 0.0434. The molecule has 0 aliphatic heterocycles. The Kier molecular flexibility index (Phi) is 5.35. The number of carbonyl (C=O) groups is 1. The van der Waals surface area contributed by atoms with Crippen LogP contribution in [0, 0.1) is 5.41 Å². The zero-order valence-electron chi connectivity index (χ0n) is 14.0. The van der Waals surface area contributed by atoms with Crippen molar-refractivity contribution in [2.45, 2.75) is 13.8 Å². The van der Waals surface area contributed by atoms with Gasteiger partial charge in [0.05, 0.1) is 19.0 Å². The number of methoxy groups -OCH3 is 1. The third-order valence-corrected chi connectivity index (χ3v) is 3.54. The molecule has 0 bridgehead atoms. The Morgan fingerprint density at radius 3 is 2.83 bits per heavy atom. The highest BCUT2D eigenvalue weighted by Gasteiger charge is 2.20.